The molecule has 1 aromatic heterocycles. The van der Waals surface area contributed by atoms with Crippen molar-refractivity contribution >= 4 is 40.2 Å². The summed E-state index contributed by atoms with van der Waals surface area (Å²) in [7, 11) is 1.54. The zero-order valence-electron chi connectivity index (χ0n) is 13.9. The molecule has 0 radical (unpaired) electrons. The normalized spacial score (nSPS) is 10.8. The van der Waals surface area contributed by atoms with Crippen molar-refractivity contribution in [3.05, 3.63) is 57.8 Å². The van der Waals surface area contributed by atoms with E-state index in [0.717, 1.165) is 0 Å². The SMILES string of the molecule is COc1ccccc1-n1c(SCCC(N)=O)nc2cc(Cl)ccc2c1=O. The van der Waals surface area contributed by atoms with Gasteiger partial charge in [-0.25, -0.2) is 4.98 Å². The number of nitrogens with zero attached hydrogens (tertiary/aromatic N) is 2. The number of hydrogen-bond donors (Lipinski definition) is 1. The lowest BCUT2D eigenvalue weighted by Gasteiger charge is -2.15. The smallest absolute Gasteiger partial charge is 0.266 e. The van der Waals surface area contributed by atoms with Crippen LogP contribution in [-0.4, -0.2) is 28.3 Å². The summed E-state index contributed by atoms with van der Waals surface area (Å²) in [5.74, 6) is 0.539. The lowest BCUT2D eigenvalue weighted by Crippen LogP contribution is -2.22. The summed E-state index contributed by atoms with van der Waals surface area (Å²) < 4.78 is 6.88. The van der Waals surface area contributed by atoms with E-state index in [1.807, 2.05) is 12.1 Å². The second kappa shape index (κ2) is 7.80. The molecule has 0 aliphatic carbocycles. The van der Waals surface area contributed by atoms with Crippen LogP contribution < -0.4 is 16.0 Å². The van der Waals surface area contributed by atoms with Crippen molar-refractivity contribution in [2.24, 2.45) is 5.73 Å². The maximum Gasteiger partial charge on any atom is 0.266 e. The number of nitrogens with two attached hydrogens (primary N) is 1. The molecule has 2 aromatic carbocycles. The summed E-state index contributed by atoms with van der Waals surface area (Å²) in [5.41, 5.74) is 6.05. The molecule has 3 aromatic rings. The second-order valence-electron chi connectivity index (χ2n) is 5.43. The molecule has 0 saturated heterocycles. The Morgan fingerprint density at radius 3 is 2.81 bits per heavy atom. The third kappa shape index (κ3) is 3.68. The van der Waals surface area contributed by atoms with Crippen molar-refractivity contribution in [1.82, 2.24) is 9.55 Å². The van der Waals surface area contributed by atoms with Gasteiger partial charge in [-0.3, -0.25) is 14.2 Å². The predicted octanol–water partition coefficient (Wildman–Crippen LogP) is 3.02. The average molecular weight is 390 g/mol. The van der Waals surface area contributed by atoms with Gasteiger partial charge in [0.1, 0.15) is 5.75 Å². The molecule has 0 atom stereocenters. The lowest BCUT2D eigenvalue weighted by molar-refractivity contribution is -0.117. The van der Waals surface area contributed by atoms with Gasteiger partial charge in [-0.2, -0.15) is 0 Å². The third-order valence-corrected chi connectivity index (χ3v) is 4.88. The van der Waals surface area contributed by atoms with Crippen molar-refractivity contribution in [3.8, 4) is 11.4 Å². The van der Waals surface area contributed by atoms with Crippen molar-refractivity contribution in [1.29, 1.82) is 0 Å². The molecule has 0 saturated carbocycles. The largest absolute Gasteiger partial charge is 0.495 e. The quantitative estimate of drug-likeness (QED) is 0.517. The van der Waals surface area contributed by atoms with E-state index in [0.29, 0.717) is 38.3 Å². The van der Waals surface area contributed by atoms with Crippen LogP contribution in [0.15, 0.2) is 52.4 Å². The molecule has 1 heterocycles. The van der Waals surface area contributed by atoms with Crippen LogP contribution in [0.5, 0.6) is 5.75 Å². The molecule has 3 rings (SSSR count). The van der Waals surface area contributed by atoms with E-state index in [4.69, 9.17) is 22.1 Å². The van der Waals surface area contributed by atoms with Crippen LogP contribution >= 0.6 is 23.4 Å². The highest BCUT2D eigenvalue weighted by atomic mass is 35.5. The molecule has 0 aliphatic rings. The van der Waals surface area contributed by atoms with E-state index in [2.05, 4.69) is 4.98 Å². The molecule has 26 heavy (non-hydrogen) atoms. The minimum absolute atomic E-state index is 0.181. The van der Waals surface area contributed by atoms with Gasteiger partial charge in [-0.1, -0.05) is 35.5 Å². The molecule has 8 heteroatoms. The monoisotopic (exact) mass is 389 g/mol. The molecule has 0 bridgehead atoms. The first-order valence-electron chi connectivity index (χ1n) is 7.78. The zero-order valence-corrected chi connectivity index (χ0v) is 15.5. The summed E-state index contributed by atoms with van der Waals surface area (Å²) >= 11 is 7.31. The third-order valence-electron chi connectivity index (χ3n) is 3.71. The number of halogens is 1. The van der Waals surface area contributed by atoms with Crippen LogP contribution in [0.25, 0.3) is 16.6 Å². The minimum Gasteiger partial charge on any atom is -0.495 e. The maximum absolute atomic E-state index is 13.1. The summed E-state index contributed by atoms with van der Waals surface area (Å²) in [6, 6.07) is 12.1. The van der Waals surface area contributed by atoms with E-state index in [1.165, 1.54) is 23.4 Å². The minimum atomic E-state index is -0.410. The van der Waals surface area contributed by atoms with Gasteiger partial charge in [-0.15, -0.1) is 0 Å². The fourth-order valence-electron chi connectivity index (χ4n) is 2.51. The summed E-state index contributed by atoms with van der Waals surface area (Å²) in [6.45, 7) is 0. The Balaban J connectivity index is 2.24. The maximum atomic E-state index is 13.1. The standard InChI is InChI=1S/C18H16ClN3O3S/c1-25-15-5-3-2-4-14(15)22-17(24)12-7-6-11(19)10-13(12)21-18(22)26-9-8-16(20)23/h2-7,10H,8-9H2,1H3,(H2,20,23). The highest BCUT2D eigenvalue weighted by Crippen LogP contribution is 2.27. The molecule has 1 amide bonds. The number of amides is 1. The van der Waals surface area contributed by atoms with E-state index in [1.54, 1.807) is 30.3 Å². The molecule has 0 spiro atoms. The Labute approximate surface area is 158 Å². The van der Waals surface area contributed by atoms with Crippen LogP contribution in [0, 0.1) is 0 Å². The molecular formula is C18H16ClN3O3S. The first-order chi connectivity index (χ1) is 12.5. The molecule has 2 N–H and O–H groups in total. The topological polar surface area (TPSA) is 87.2 Å². The Hall–Kier alpha value is -2.51. The first-order valence-corrected chi connectivity index (χ1v) is 9.14. The van der Waals surface area contributed by atoms with Crippen LogP contribution in [0.3, 0.4) is 0 Å². The van der Waals surface area contributed by atoms with Crippen LogP contribution in [-0.2, 0) is 4.79 Å². The van der Waals surface area contributed by atoms with E-state index in [-0.39, 0.29) is 12.0 Å². The highest BCUT2D eigenvalue weighted by Gasteiger charge is 2.16. The summed E-state index contributed by atoms with van der Waals surface area (Å²) in [4.78, 5) is 28.8. The number of para-hydroxylation sites is 2. The van der Waals surface area contributed by atoms with E-state index in [9.17, 15) is 9.59 Å². The fraction of sp³-hybridized carbons (Fsp3) is 0.167. The van der Waals surface area contributed by atoms with Gasteiger partial charge in [-0.05, 0) is 30.3 Å². The Bertz CT molecular complexity index is 1040. The number of carbonyl (C=O) groups is 1. The van der Waals surface area contributed by atoms with Crippen LogP contribution in [0.1, 0.15) is 6.42 Å². The van der Waals surface area contributed by atoms with Crippen molar-refractivity contribution in [2.45, 2.75) is 11.6 Å². The van der Waals surface area contributed by atoms with Gasteiger partial charge in [0.2, 0.25) is 5.91 Å². The number of hydrogen-bond acceptors (Lipinski definition) is 5. The van der Waals surface area contributed by atoms with Gasteiger partial charge in [0.15, 0.2) is 5.16 Å². The van der Waals surface area contributed by atoms with Crippen LogP contribution in [0.4, 0.5) is 0 Å². The number of rotatable bonds is 6. The van der Waals surface area contributed by atoms with E-state index < -0.39 is 5.91 Å². The Morgan fingerprint density at radius 1 is 1.31 bits per heavy atom. The van der Waals surface area contributed by atoms with Crippen molar-refractivity contribution in [3.63, 3.8) is 0 Å². The van der Waals surface area contributed by atoms with Gasteiger partial charge in [0.05, 0.1) is 23.7 Å². The molecule has 134 valence electrons. The number of aromatic nitrogens is 2. The highest BCUT2D eigenvalue weighted by molar-refractivity contribution is 7.99. The van der Waals surface area contributed by atoms with Crippen molar-refractivity contribution in [2.75, 3.05) is 12.9 Å². The molecule has 0 aliphatic heterocycles. The molecular weight excluding hydrogens is 374 g/mol. The van der Waals surface area contributed by atoms with Gasteiger partial charge < -0.3 is 10.5 Å². The number of fused-ring (bicyclic) bond motifs is 1. The number of carbonyl (C=O) groups excluding carboxylic acids is 1. The molecule has 6 nitrogen and oxygen atoms in total. The first kappa shape index (κ1) is 18.3. The number of ether oxygens (including phenoxy) is 1. The summed E-state index contributed by atoms with van der Waals surface area (Å²) in [6.07, 6.45) is 0.181. The van der Waals surface area contributed by atoms with Gasteiger partial charge in [0.25, 0.3) is 5.56 Å². The average Bonchev–Trinajstić information content (AvgIpc) is 2.61. The molecule has 0 fully saturated rings. The number of benzene rings is 2. The second-order valence-corrected chi connectivity index (χ2v) is 6.93. The van der Waals surface area contributed by atoms with Crippen molar-refractivity contribution < 1.29 is 9.53 Å². The zero-order chi connectivity index (χ0) is 18.7. The lowest BCUT2D eigenvalue weighted by atomic mass is 10.2. The number of methoxy groups -OCH3 is 1. The van der Waals surface area contributed by atoms with Gasteiger partial charge >= 0.3 is 0 Å². The summed E-state index contributed by atoms with van der Waals surface area (Å²) in [5, 5.41) is 1.38. The van der Waals surface area contributed by atoms with Crippen LogP contribution in [0.2, 0.25) is 5.02 Å². The predicted molar refractivity (Wildman–Crippen MR) is 103 cm³/mol. The van der Waals surface area contributed by atoms with E-state index >= 15 is 0 Å². The Morgan fingerprint density at radius 2 is 2.08 bits per heavy atom. The Kier molecular flexibility index (Phi) is 5.49. The molecule has 0 unspecified atom stereocenters. The fourth-order valence-corrected chi connectivity index (χ4v) is 3.63. The number of primary amides is 1. The number of thioether (sulfide) groups is 1. The van der Waals surface area contributed by atoms with Gasteiger partial charge in [0, 0.05) is 17.2 Å².